The Morgan fingerprint density at radius 1 is 1.38 bits per heavy atom. The highest BCUT2D eigenvalue weighted by Crippen LogP contribution is 2.17. The maximum Gasteiger partial charge on any atom is 0.314 e. The standard InChI is InChI=1S/C16H23NO4/c1-3-20-16(18)14(12-17-19)9-6-7-11-21-15-10-5-4-8-13(15)2/h4-5,8,10,12,14,19H,3,6-7,9,11H2,1-2H3/b17-12-. The lowest BCUT2D eigenvalue weighted by Gasteiger charge is -2.11. The van der Waals surface area contributed by atoms with Crippen LogP contribution >= 0.6 is 0 Å². The summed E-state index contributed by atoms with van der Waals surface area (Å²) in [7, 11) is 0. The van der Waals surface area contributed by atoms with Crippen molar-refractivity contribution in [3.8, 4) is 5.75 Å². The second-order valence-corrected chi connectivity index (χ2v) is 4.73. The molecule has 21 heavy (non-hydrogen) atoms. The average Bonchev–Trinajstić information content (AvgIpc) is 2.48. The number of rotatable bonds is 9. The minimum Gasteiger partial charge on any atom is -0.493 e. The fourth-order valence-corrected chi connectivity index (χ4v) is 1.95. The van der Waals surface area contributed by atoms with E-state index in [2.05, 4.69) is 5.16 Å². The summed E-state index contributed by atoms with van der Waals surface area (Å²) < 4.78 is 10.6. The van der Waals surface area contributed by atoms with Gasteiger partial charge >= 0.3 is 5.97 Å². The number of esters is 1. The van der Waals surface area contributed by atoms with Gasteiger partial charge in [-0.05, 0) is 44.7 Å². The summed E-state index contributed by atoms with van der Waals surface area (Å²) in [5.74, 6) is 0.0416. The number of hydrogen-bond acceptors (Lipinski definition) is 5. The zero-order chi connectivity index (χ0) is 15.5. The van der Waals surface area contributed by atoms with E-state index in [-0.39, 0.29) is 5.97 Å². The second kappa shape index (κ2) is 9.80. The topological polar surface area (TPSA) is 68.1 Å². The summed E-state index contributed by atoms with van der Waals surface area (Å²) in [6.07, 6.45) is 3.42. The van der Waals surface area contributed by atoms with Gasteiger partial charge in [0, 0.05) is 0 Å². The first-order valence-corrected chi connectivity index (χ1v) is 7.21. The average molecular weight is 293 g/mol. The molecule has 1 N–H and O–H groups in total. The van der Waals surface area contributed by atoms with Gasteiger partial charge in [0.15, 0.2) is 0 Å². The van der Waals surface area contributed by atoms with Gasteiger partial charge in [-0.25, -0.2) is 0 Å². The fourth-order valence-electron chi connectivity index (χ4n) is 1.95. The van der Waals surface area contributed by atoms with Crippen LogP contribution in [0.4, 0.5) is 0 Å². The molecule has 0 aliphatic rings. The first kappa shape index (κ1) is 17.0. The minimum atomic E-state index is -0.492. The van der Waals surface area contributed by atoms with Gasteiger partial charge in [0.25, 0.3) is 0 Å². The Balaban J connectivity index is 2.28. The molecule has 1 rings (SSSR count). The Bertz CT molecular complexity index is 459. The number of benzene rings is 1. The van der Waals surface area contributed by atoms with Crippen LogP contribution in [0.3, 0.4) is 0 Å². The molecule has 0 aliphatic carbocycles. The monoisotopic (exact) mass is 293 g/mol. The Morgan fingerprint density at radius 2 is 2.14 bits per heavy atom. The maximum absolute atomic E-state index is 11.6. The van der Waals surface area contributed by atoms with Crippen molar-refractivity contribution in [1.29, 1.82) is 0 Å². The molecule has 0 saturated carbocycles. The number of para-hydroxylation sites is 1. The summed E-state index contributed by atoms with van der Waals surface area (Å²) in [4.78, 5) is 11.6. The highest BCUT2D eigenvalue weighted by Gasteiger charge is 2.17. The predicted octanol–water partition coefficient (Wildman–Crippen LogP) is 3.18. The molecule has 116 valence electrons. The first-order chi connectivity index (χ1) is 10.2. The predicted molar refractivity (Wildman–Crippen MR) is 80.9 cm³/mol. The summed E-state index contributed by atoms with van der Waals surface area (Å²) in [6.45, 7) is 4.67. The summed E-state index contributed by atoms with van der Waals surface area (Å²) in [5, 5.41) is 11.5. The number of carbonyl (C=O) groups is 1. The zero-order valence-electron chi connectivity index (χ0n) is 12.6. The number of oxime groups is 1. The van der Waals surface area contributed by atoms with E-state index >= 15 is 0 Å². The van der Waals surface area contributed by atoms with Crippen LogP contribution in [-0.4, -0.2) is 30.6 Å². The molecule has 1 aromatic rings. The van der Waals surface area contributed by atoms with E-state index in [0.29, 0.717) is 19.6 Å². The van der Waals surface area contributed by atoms with Gasteiger partial charge in [-0.1, -0.05) is 18.2 Å². The first-order valence-electron chi connectivity index (χ1n) is 7.21. The Labute approximate surface area is 125 Å². The van der Waals surface area contributed by atoms with Crippen molar-refractivity contribution in [3.63, 3.8) is 0 Å². The third kappa shape index (κ3) is 6.29. The lowest BCUT2D eigenvalue weighted by atomic mass is 10.0. The van der Waals surface area contributed by atoms with E-state index in [0.717, 1.165) is 24.2 Å². The van der Waals surface area contributed by atoms with Crippen LogP contribution in [0.2, 0.25) is 0 Å². The van der Waals surface area contributed by atoms with Crippen LogP contribution in [0, 0.1) is 12.8 Å². The molecule has 0 fully saturated rings. The molecule has 1 unspecified atom stereocenters. The number of hydrogen-bond donors (Lipinski definition) is 1. The highest BCUT2D eigenvalue weighted by atomic mass is 16.5. The number of carbonyl (C=O) groups excluding carboxylic acids is 1. The van der Waals surface area contributed by atoms with Crippen LogP contribution in [0.15, 0.2) is 29.4 Å². The molecule has 0 spiro atoms. The molecule has 0 aliphatic heterocycles. The van der Waals surface area contributed by atoms with Gasteiger partial charge in [0.05, 0.1) is 25.3 Å². The Hall–Kier alpha value is -2.04. The smallest absolute Gasteiger partial charge is 0.314 e. The summed E-state index contributed by atoms with van der Waals surface area (Å²) in [6, 6.07) is 7.86. The minimum absolute atomic E-state index is 0.324. The number of unbranched alkanes of at least 4 members (excludes halogenated alkanes) is 1. The van der Waals surface area contributed by atoms with Crippen molar-refractivity contribution in [2.45, 2.75) is 33.1 Å². The van der Waals surface area contributed by atoms with Gasteiger partial charge in [-0.15, -0.1) is 5.16 Å². The van der Waals surface area contributed by atoms with Gasteiger partial charge in [-0.3, -0.25) is 4.79 Å². The van der Waals surface area contributed by atoms with Crippen LogP contribution in [0.1, 0.15) is 31.7 Å². The van der Waals surface area contributed by atoms with Crippen molar-refractivity contribution < 1.29 is 19.5 Å². The van der Waals surface area contributed by atoms with Gasteiger partial charge in [0.1, 0.15) is 5.75 Å². The molecule has 0 amide bonds. The largest absolute Gasteiger partial charge is 0.493 e. The fraction of sp³-hybridized carbons (Fsp3) is 0.500. The van der Waals surface area contributed by atoms with Crippen molar-refractivity contribution in [2.75, 3.05) is 13.2 Å². The normalized spacial score (nSPS) is 12.3. The van der Waals surface area contributed by atoms with Crippen LogP contribution < -0.4 is 4.74 Å². The van der Waals surface area contributed by atoms with E-state index in [1.807, 2.05) is 31.2 Å². The molecular formula is C16H23NO4. The highest BCUT2D eigenvalue weighted by molar-refractivity contribution is 5.89. The second-order valence-electron chi connectivity index (χ2n) is 4.73. The van der Waals surface area contributed by atoms with Gasteiger partial charge in [-0.2, -0.15) is 0 Å². The Morgan fingerprint density at radius 3 is 2.81 bits per heavy atom. The van der Waals surface area contributed by atoms with Crippen LogP contribution in [0.25, 0.3) is 0 Å². The summed E-state index contributed by atoms with van der Waals surface area (Å²) in [5.41, 5.74) is 1.11. The molecule has 5 heteroatoms. The van der Waals surface area contributed by atoms with Crippen molar-refractivity contribution in [3.05, 3.63) is 29.8 Å². The van der Waals surface area contributed by atoms with Crippen molar-refractivity contribution in [2.24, 2.45) is 11.1 Å². The third-order valence-corrected chi connectivity index (χ3v) is 3.10. The van der Waals surface area contributed by atoms with Crippen LogP contribution in [0.5, 0.6) is 5.75 Å². The molecule has 0 bridgehead atoms. The van der Waals surface area contributed by atoms with E-state index in [4.69, 9.17) is 14.7 Å². The molecule has 0 saturated heterocycles. The van der Waals surface area contributed by atoms with E-state index in [1.54, 1.807) is 6.92 Å². The molecule has 0 heterocycles. The molecule has 5 nitrogen and oxygen atoms in total. The quantitative estimate of drug-likeness (QED) is 0.250. The van der Waals surface area contributed by atoms with E-state index in [1.165, 1.54) is 6.21 Å². The molecule has 0 aromatic heterocycles. The molecule has 1 atom stereocenters. The SMILES string of the molecule is CCOC(=O)C(/C=N\O)CCCCOc1ccccc1C. The van der Waals surface area contributed by atoms with Gasteiger partial charge < -0.3 is 14.7 Å². The third-order valence-electron chi connectivity index (χ3n) is 3.10. The molecule has 1 aromatic carbocycles. The Kier molecular flexibility index (Phi) is 7.94. The zero-order valence-corrected chi connectivity index (χ0v) is 12.6. The number of nitrogens with zero attached hydrogens (tertiary/aromatic N) is 1. The lowest BCUT2D eigenvalue weighted by Crippen LogP contribution is -2.19. The number of aryl methyl sites for hydroxylation is 1. The molecular weight excluding hydrogens is 270 g/mol. The maximum atomic E-state index is 11.6. The van der Waals surface area contributed by atoms with Crippen LogP contribution in [-0.2, 0) is 9.53 Å². The van der Waals surface area contributed by atoms with Gasteiger partial charge in [0.2, 0.25) is 0 Å². The van der Waals surface area contributed by atoms with Crippen molar-refractivity contribution >= 4 is 12.2 Å². The van der Waals surface area contributed by atoms with E-state index in [9.17, 15) is 4.79 Å². The summed E-state index contributed by atoms with van der Waals surface area (Å²) >= 11 is 0. The van der Waals surface area contributed by atoms with Crippen molar-refractivity contribution in [1.82, 2.24) is 0 Å². The molecule has 0 radical (unpaired) electrons. The number of ether oxygens (including phenoxy) is 2. The lowest BCUT2D eigenvalue weighted by molar-refractivity contribution is -0.145. The van der Waals surface area contributed by atoms with E-state index < -0.39 is 5.92 Å².